The van der Waals surface area contributed by atoms with E-state index < -0.39 is 24.4 Å². The fraction of sp³-hybridized carbons (Fsp3) is 0.556. The highest BCUT2D eigenvalue weighted by atomic mass is 19.3. The summed E-state index contributed by atoms with van der Waals surface area (Å²) >= 11 is 0. The number of anilines is 4. The quantitative estimate of drug-likeness (QED) is 0.648. The van der Waals surface area contributed by atoms with Crippen molar-refractivity contribution in [3.05, 3.63) is 42.1 Å². The Morgan fingerprint density at radius 3 is 2.86 bits per heavy atom. The van der Waals surface area contributed by atoms with Gasteiger partial charge in [0.1, 0.15) is 11.9 Å². The fourth-order valence-corrected chi connectivity index (χ4v) is 6.12. The number of fused-ring (bicyclic) bond motifs is 5. The lowest BCUT2D eigenvalue weighted by molar-refractivity contribution is -0.170. The van der Waals surface area contributed by atoms with Crippen molar-refractivity contribution >= 4 is 28.8 Å². The molecular weight excluding hydrogens is 466 g/mol. The van der Waals surface area contributed by atoms with Gasteiger partial charge in [0, 0.05) is 42.9 Å². The van der Waals surface area contributed by atoms with Crippen molar-refractivity contribution in [1.82, 2.24) is 4.98 Å². The third kappa shape index (κ3) is 4.22. The number of nitrogens with zero attached hydrogens (tertiary/aromatic N) is 3. The van der Waals surface area contributed by atoms with Gasteiger partial charge in [0.25, 0.3) is 5.92 Å². The van der Waals surface area contributed by atoms with Crippen LogP contribution in [0.1, 0.15) is 44.6 Å². The summed E-state index contributed by atoms with van der Waals surface area (Å²) in [5.41, 5.74) is 3.32. The predicted octanol–water partition coefficient (Wildman–Crippen LogP) is 4.88. The number of hydrogen-bond acceptors (Lipinski definition) is 6. The zero-order valence-electron chi connectivity index (χ0n) is 20.5. The normalized spacial score (nSPS) is 28.6. The summed E-state index contributed by atoms with van der Waals surface area (Å²) in [5.74, 6) is -3.40. The van der Waals surface area contributed by atoms with E-state index in [4.69, 9.17) is 9.47 Å². The predicted molar refractivity (Wildman–Crippen MR) is 133 cm³/mol. The summed E-state index contributed by atoms with van der Waals surface area (Å²) in [6.45, 7) is 3.76. The van der Waals surface area contributed by atoms with E-state index in [1.54, 1.807) is 18.0 Å². The van der Waals surface area contributed by atoms with Crippen LogP contribution in [0.5, 0.6) is 0 Å². The van der Waals surface area contributed by atoms with E-state index in [9.17, 15) is 13.6 Å². The first-order valence-corrected chi connectivity index (χ1v) is 13.0. The summed E-state index contributed by atoms with van der Waals surface area (Å²) < 4.78 is 41.0. The molecule has 1 aliphatic carbocycles. The minimum atomic E-state index is -3.03. The zero-order chi connectivity index (χ0) is 24.9. The molecule has 4 aliphatic heterocycles. The SMILES string of the molecule is CCO[C@H]1CC[C@@H](C(=O)N2Cc3cccnc3Nc3ccc(N4C[C@H]5CC[C@@H]4CO5)cc32)CC1(F)F. The number of rotatable bonds is 4. The average Bonchev–Trinajstić information content (AvgIpc) is 3.06. The van der Waals surface area contributed by atoms with E-state index in [1.807, 2.05) is 24.3 Å². The van der Waals surface area contributed by atoms with Crippen molar-refractivity contribution in [3.63, 3.8) is 0 Å². The van der Waals surface area contributed by atoms with Crippen molar-refractivity contribution < 1.29 is 23.0 Å². The van der Waals surface area contributed by atoms with Crippen LogP contribution in [0.2, 0.25) is 0 Å². The molecule has 0 spiro atoms. The number of ether oxygens (including phenoxy) is 2. The molecule has 36 heavy (non-hydrogen) atoms. The van der Waals surface area contributed by atoms with Gasteiger partial charge >= 0.3 is 0 Å². The number of carbonyl (C=O) groups is 1. The Labute approximate surface area is 209 Å². The summed E-state index contributed by atoms with van der Waals surface area (Å²) in [6.07, 6.45) is 3.00. The molecule has 7 rings (SSSR count). The Balaban J connectivity index is 1.34. The number of halogens is 2. The van der Waals surface area contributed by atoms with Crippen LogP contribution >= 0.6 is 0 Å². The number of nitrogens with one attached hydrogen (secondary N) is 1. The number of carbonyl (C=O) groups excluding carboxylic acids is 1. The molecule has 1 aromatic heterocycles. The van der Waals surface area contributed by atoms with E-state index in [2.05, 4.69) is 21.3 Å². The first-order chi connectivity index (χ1) is 17.4. The van der Waals surface area contributed by atoms with Gasteiger partial charge in [-0.3, -0.25) is 4.79 Å². The highest BCUT2D eigenvalue weighted by molar-refractivity contribution is 6.00. The molecule has 9 heteroatoms. The van der Waals surface area contributed by atoms with E-state index in [-0.39, 0.29) is 31.6 Å². The Kier molecular flexibility index (Phi) is 6.08. The average molecular weight is 499 g/mol. The van der Waals surface area contributed by atoms with Crippen molar-refractivity contribution in [1.29, 1.82) is 0 Å². The third-order valence-electron chi connectivity index (χ3n) is 8.01. The van der Waals surface area contributed by atoms with Crippen LogP contribution in [0, 0.1) is 5.92 Å². The molecule has 1 aromatic carbocycles. The second-order valence-electron chi connectivity index (χ2n) is 10.3. The van der Waals surface area contributed by atoms with Crippen LogP contribution in [-0.2, 0) is 20.8 Å². The summed E-state index contributed by atoms with van der Waals surface area (Å²) in [7, 11) is 0. The largest absolute Gasteiger partial charge is 0.374 e. The van der Waals surface area contributed by atoms with Crippen LogP contribution in [0.15, 0.2) is 36.5 Å². The Morgan fingerprint density at radius 2 is 2.14 bits per heavy atom. The minimum Gasteiger partial charge on any atom is -0.374 e. The molecule has 7 nitrogen and oxygen atoms in total. The molecule has 0 unspecified atom stereocenters. The molecule has 192 valence electrons. The fourth-order valence-electron chi connectivity index (χ4n) is 6.12. The lowest BCUT2D eigenvalue weighted by atomic mass is 9.83. The van der Waals surface area contributed by atoms with E-state index in [1.165, 1.54) is 0 Å². The molecule has 2 bridgehead atoms. The topological polar surface area (TPSA) is 66.9 Å². The lowest BCUT2D eigenvalue weighted by Gasteiger charge is -2.46. The van der Waals surface area contributed by atoms with Gasteiger partial charge in [-0.2, -0.15) is 0 Å². The first kappa shape index (κ1) is 23.6. The summed E-state index contributed by atoms with van der Waals surface area (Å²) in [5, 5.41) is 3.38. The Morgan fingerprint density at radius 1 is 1.25 bits per heavy atom. The maximum absolute atomic E-state index is 14.9. The maximum Gasteiger partial charge on any atom is 0.274 e. The molecule has 4 fully saturated rings. The molecule has 3 saturated heterocycles. The van der Waals surface area contributed by atoms with Crippen molar-refractivity contribution in [2.45, 2.75) is 69.7 Å². The first-order valence-electron chi connectivity index (χ1n) is 13.0. The van der Waals surface area contributed by atoms with Gasteiger partial charge in [-0.1, -0.05) is 6.07 Å². The highest BCUT2D eigenvalue weighted by Crippen LogP contribution is 2.44. The second kappa shape index (κ2) is 9.27. The Hall–Kier alpha value is -2.78. The lowest BCUT2D eigenvalue weighted by Crippen LogP contribution is -2.54. The van der Waals surface area contributed by atoms with Gasteiger partial charge in [0.15, 0.2) is 0 Å². The van der Waals surface area contributed by atoms with Gasteiger partial charge in [-0.15, -0.1) is 0 Å². The number of piperidine rings is 1. The number of amides is 1. The third-order valence-corrected chi connectivity index (χ3v) is 8.01. The van der Waals surface area contributed by atoms with Crippen molar-refractivity contribution in [3.8, 4) is 0 Å². The van der Waals surface area contributed by atoms with Crippen molar-refractivity contribution in [2.75, 3.05) is 34.9 Å². The molecule has 1 N–H and O–H groups in total. The molecule has 1 amide bonds. The van der Waals surface area contributed by atoms with Gasteiger partial charge in [0.05, 0.1) is 36.7 Å². The molecular formula is C27H32F2N4O3. The minimum absolute atomic E-state index is 0.172. The van der Waals surface area contributed by atoms with Gasteiger partial charge in [-0.25, -0.2) is 13.8 Å². The maximum atomic E-state index is 14.9. The van der Waals surface area contributed by atoms with E-state index in [0.717, 1.165) is 36.3 Å². The van der Waals surface area contributed by atoms with E-state index in [0.29, 0.717) is 30.6 Å². The molecule has 4 atom stereocenters. The second-order valence-corrected chi connectivity index (χ2v) is 10.3. The van der Waals surface area contributed by atoms with Crippen LogP contribution in [0.25, 0.3) is 0 Å². The number of alkyl halides is 2. The van der Waals surface area contributed by atoms with Gasteiger partial charge < -0.3 is 24.6 Å². The molecule has 1 saturated carbocycles. The van der Waals surface area contributed by atoms with Crippen LogP contribution in [0.3, 0.4) is 0 Å². The number of morpholine rings is 1. The standard InChI is InChI=1S/C27H32F2N4O3/c1-2-35-24-10-5-17(13-27(24,28)29)26(34)33-14-18-4-3-11-30-25(18)31-22-9-7-19(12-23(22)33)32-15-21-8-6-20(32)16-36-21/h3-4,7,9,11-12,17,20-21,24H,2,5-6,8,10,13-16H2,1H3,(H,30,31)/t17-,20-,21-,24+/m1/s1. The zero-order valence-corrected chi connectivity index (χ0v) is 20.5. The number of aromatic nitrogens is 1. The monoisotopic (exact) mass is 498 g/mol. The molecule has 0 radical (unpaired) electrons. The Bertz CT molecular complexity index is 1140. The number of pyridine rings is 1. The molecule has 5 aliphatic rings. The van der Waals surface area contributed by atoms with Crippen LogP contribution in [-0.4, -0.2) is 54.8 Å². The van der Waals surface area contributed by atoms with Crippen LogP contribution < -0.4 is 15.1 Å². The number of benzene rings is 1. The number of hydrogen-bond donors (Lipinski definition) is 1. The van der Waals surface area contributed by atoms with Gasteiger partial charge in [0.2, 0.25) is 5.91 Å². The summed E-state index contributed by atoms with van der Waals surface area (Å²) in [4.78, 5) is 22.4. The van der Waals surface area contributed by atoms with Gasteiger partial charge in [-0.05, 0) is 56.9 Å². The molecule has 2 aromatic rings. The van der Waals surface area contributed by atoms with Crippen molar-refractivity contribution in [2.24, 2.45) is 5.92 Å². The summed E-state index contributed by atoms with van der Waals surface area (Å²) in [6, 6.07) is 10.1. The smallest absolute Gasteiger partial charge is 0.274 e. The molecule has 5 heterocycles. The highest BCUT2D eigenvalue weighted by Gasteiger charge is 2.49. The van der Waals surface area contributed by atoms with Crippen LogP contribution in [0.4, 0.5) is 31.7 Å². The van der Waals surface area contributed by atoms with E-state index >= 15 is 0 Å².